The highest BCUT2D eigenvalue weighted by Crippen LogP contribution is 2.11. The van der Waals surface area contributed by atoms with Crippen molar-refractivity contribution in [2.75, 3.05) is 7.11 Å². The first-order valence-electron chi connectivity index (χ1n) is 5.58. The van der Waals surface area contributed by atoms with E-state index in [1.165, 1.54) is 4.80 Å². The Balaban J connectivity index is 2.00. The number of benzene rings is 1. The molecule has 0 N–H and O–H groups in total. The fraction of sp³-hybridized carbons (Fsp3) is 0.333. The van der Waals surface area contributed by atoms with Gasteiger partial charge in [-0.05, 0) is 22.9 Å². The molecule has 1 aromatic carbocycles. The standard InChI is InChI=1S/C12H13N5O/c1-18-11-6-4-10(5-7-11)9-17-15-12(14-16-17)3-2-8-13/h4-7H,2-3,9H2,1H3. The molecule has 0 amide bonds. The van der Waals surface area contributed by atoms with Gasteiger partial charge in [-0.25, -0.2) is 0 Å². The van der Waals surface area contributed by atoms with Crippen LogP contribution in [0.15, 0.2) is 24.3 Å². The van der Waals surface area contributed by atoms with Crippen molar-refractivity contribution in [3.8, 4) is 11.8 Å². The largest absolute Gasteiger partial charge is 0.497 e. The second-order valence-electron chi connectivity index (χ2n) is 3.74. The van der Waals surface area contributed by atoms with Crippen LogP contribution in [-0.2, 0) is 13.0 Å². The zero-order chi connectivity index (χ0) is 12.8. The maximum absolute atomic E-state index is 8.47. The minimum absolute atomic E-state index is 0.411. The van der Waals surface area contributed by atoms with E-state index in [1.807, 2.05) is 24.3 Å². The minimum atomic E-state index is 0.411. The first-order valence-corrected chi connectivity index (χ1v) is 5.58. The summed E-state index contributed by atoms with van der Waals surface area (Å²) in [5, 5.41) is 20.5. The molecule has 2 aromatic rings. The molecule has 6 nitrogen and oxygen atoms in total. The summed E-state index contributed by atoms with van der Waals surface area (Å²) in [6.07, 6.45) is 0.952. The topological polar surface area (TPSA) is 76.6 Å². The van der Waals surface area contributed by atoms with Crippen LogP contribution in [0.5, 0.6) is 5.75 Å². The fourth-order valence-corrected chi connectivity index (χ4v) is 1.51. The lowest BCUT2D eigenvalue weighted by molar-refractivity contribution is 0.414. The Bertz CT molecular complexity index is 540. The molecule has 0 spiro atoms. The number of hydrogen-bond donors (Lipinski definition) is 0. The lowest BCUT2D eigenvalue weighted by Gasteiger charge is -2.02. The zero-order valence-corrected chi connectivity index (χ0v) is 10.1. The Morgan fingerprint density at radius 2 is 2.11 bits per heavy atom. The predicted molar refractivity (Wildman–Crippen MR) is 63.8 cm³/mol. The molecule has 0 atom stereocenters. The van der Waals surface area contributed by atoms with Crippen molar-refractivity contribution in [1.29, 1.82) is 5.26 Å². The summed E-state index contributed by atoms with van der Waals surface area (Å²) in [5.41, 5.74) is 1.07. The highest BCUT2D eigenvalue weighted by atomic mass is 16.5. The molecule has 0 aliphatic rings. The van der Waals surface area contributed by atoms with Crippen molar-refractivity contribution in [2.24, 2.45) is 0 Å². The van der Waals surface area contributed by atoms with E-state index in [-0.39, 0.29) is 0 Å². The molecule has 0 aliphatic carbocycles. The molecule has 0 saturated carbocycles. The quantitative estimate of drug-likeness (QED) is 0.788. The Kier molecular flexibility index (Phi) is 3.86. The van der Waals surface area contributed by atoms with Crippen molar-refractivity contribution in [1.82, 2.24) is 20.2 Å². The number of nitrogens with zero attached hydrogens (tertiary/aromatic N) is 5. The van der Waals surface area contributed by atoms with Crippen molar-refractivity contribution >= 4 is 0 Å². The fourth-order valence-electron chi connectivity index (χ4n) is 1.51. The summed E-state index contributed by atoms with van der Waals surface area (Å²) >= 11 is 0. The van der Waals surface area contributed by atoms with Crippen molar-refractivity contribution < 1.29 is 4.74 Å². The van der Waals surface area contributed by atoms with Gasteiger partial charge < -0.3 is 4.74 Å². The number of aryl methyl sites for hydroxylation is 1. The van der Waals surface area contributed by atoms with Gasteiger partial charge in [-0.3, -0.25) is 0 Å². The Morgan fingerprint density at radius 1 is 1.33 bits per heavy atom. The molecule has 2 rings (SSSR count). The van der Waals surface area contributed by atoms with Crippen molar-refractivity contribution in [3.63, 3.8) is 0 Å². The van der Waals surface area contributed by atoms with Gasteiger partial charge in [-0.1, -0.05) is 12.1 Å². The average molecular weight is 243 g/mol. The SMILES string of the molecule is COc1ccc(Cn2nnc(CCC#N)n2)cc1. The number of hydrogen-bond acceptors (Lipinski definition) is 5. The highest BCUT2D eigenvalue weighted by molar-refractivity contribution is 5.27. The van der Waals surface area contributed by atoms with Crippen LogP contribution in [0.2, 0.25) is 0 Å². The minimum Gasteiger partial charge on any atom is -0.497 e. The van der Waals surface area contributed by atoms with Crippen LogP contribution in [0.1, 0.15) is 17.8 Å². The molecule has 18 heavy (non-hydrogen) atoms. The maximum Gasteiger partial charge on any atom is 0.175 e. The van der Waals surface area contributed by atoms with Crippen LogP contribution in [0, 0.1) is 11.3 Å². The van der Waals surface area contributed by atoms with E-state index in [2.05, 4.69) is 21.5 Å². The lowest BCUT2D eigenvalue weighted by Crippen LogP contribution is -2.04. The summed E-state index contributed by atoms with van der Waals surface area (Å²) in [4.78, 5) is 1.52. The summed E-state index contributed by atoms with van der Waals surface area (Å²) in [7, 11) is 1.63. The molecule has 1 aromatic heterocycles. The number of ether oxygens (including phenoxy) is 1. The molecule has 92 valence electrons. The van der Waals surface area contributed by atoms with Crippen LogP contribution in [-0.4, -0.2) is 27.3 Å². The smallest absolute Gasteiger partial charge is 0.175 e. The second kappa shape index (κ2) is 5.77. The van der Waals surface area contributed by atoms with Gasteiger partial charge in [-0.15, -0.1) is 10.2 Å². The summed E-state index contributed by atoms with van der Waals surface area (Å²) < 4.78 is 5.09. The van der Waals surface area contributed by atoms with E-state index < -0.39 is 0 Å². The summed E-state index contributed by atoms with van der Waals surface area (Å²) in [6.45, 7) is 0.559. The van der Waals surface area contributed by atoms with Gasteiger partial charge in [0.2, 0.25) is 0 Å². The summed E-state index contributed by atoms with van der Waals surface area (Å²) in [5.74, 6) is 1.42. The van der Waals surface area contributed by atoms with E-state index in [1.54, 1.807) is 7.11 Å². The third kappa shape index (κ3) is 3.04. The Morgan fingerprint density at radius 3 is 2.78 bits per heavy atom. The normalized spacial score (nSPS) is 10.0. The number of aromatic nitrogens is 4. The monoisotopic (exact) mass is 243 g/mol. The van der Waals surface area contributed by atoms with E-state index in [4.69, 9.17) is 10.00 Å². The average Bonchev–Trinajstić information content (AvgIpc) is 2.85. The molecule has 0 saturated heterocycles. The second-order valence-corrected chi connectivity index (χ2v) is 3.74. The number of tetrazole rings is 1. The maximum atomic E-state index is 8.47. The van der Waals surface area contributed by atoms with Gasteiger partial charge in [0.15, 0.2) is 5.82 Å². The number of rotatable bonds is 5. The van der Waals surface area contributed by atoms with Crippen LogP contribution in [0.25, 0.3) is 0 Å². The van der Waals surface area contributed by atoms with E-state index in [0.717, 1.165) is 11.3 Å². The first kappa shape index (κ1) is 12.0. The van der Waals surface area contributed by atoms with Gasteiger partial charge in [-0.2, -0.15) is 10.1 Å². The molecule has 0 unspecified atom stereocenters. The van der Waals surface area contributed by atoms with Crippen LogP contribution < -0.4 is 4.74 Å². The van der Waals surface area contributed by atoms with Gasteiger partial charge in [0, 0.05) is 12.8 Å². The van der Waals surface area contributed by atoms with Gasteiger partial charge >= 0.3 is 0 Å². The zero-order valence-electron chi connectivity index (χ0n) is 10.1. The highest BCUT2D eigenvalue weighted by Gasteiger charge is 2.03. The van der Waals surface area contributed by atoms with Crippen molar-refractivity contribution in [2.45, 2.75) is 19.4 Å². The molecule has 1 heterocycles. The number of nitriles is 1. The molecular weight excluding hydrogens is 230 g/mol. The summed E-state index contributed by atoms with van der Waals surface area (Å²) in [6, 6.07) is 9.75. The lowest BCUT2D eigenvalue weighted by atomic mass is 10.2. The Hall–Kier alpha value is -2.42. The van der Waals surface area contributed by atoms with Gasteiger partial charge in [0.25, 0.3) is 0 Å². The molecule has 0 bridgehead atoms. The molecular formula is C12H13N5O. The van der Waals surface area contributed by atoms with Crippen molar-refractivity contribution in [3.05, 3.63) is 35.7 Å². The molecule has 6 heteroatoms. The van der Waals surface area contributed by atoms with Crippen LogP contribution >= 0.6 is 0 Å². The van der Waals surface area contributed by atoms with Gasteiger partial charge in [0.05, 0.1) is 19.7 Å². The van der Waals surface area contributed by atoms with E-state index in [0.29, 0.717) is 25.2 Å². The molecule has 0 fully saturated rings. The molecule has 0 radical (unpaired) electrons. The first-order chi connectivity index (χ1) is 8.81. The third-order valence-electron chi connectivity index (χ3n) is 2.44. The van der Waals surface area contributed by atoms with Gasteiger partial charge in [0.1, 0.15) is 5.75 Å². The predicted octanol–water partition coefficient (Wildman–Crippen LogP) is 1.19. The van der Waals surface area contributed by atoms with Crippen LogP contribution in [0.3, 0.4) is 0 Å². The Labute approximate surface area is 105 Å². The number of methoxy groups -OCH3 is 1. The third-order valence-corrected chi connectivity index (χ3v) is 2.44. The molecule has 0 aliphatic heterocycles. The van der Waals surface area contributed by atoms with Crippen LogP contribution in [0.4, 0.5) is 0 Å². The van der Waals surface area contributed by atoms with E-state index in [9.17, 15) is 0 Å². The van der Waals surface area contributed by atoms with E-state index >= 15 is 0 Å².